The van der Waals surface area contributed by atoms with Crippen molar-refractivity contribution < 1.29 is 19.8 Å². The summed E-state index contributed by atoms with van der Waals surface area (Å²) < 4.78 is 0. The Morgan fingerprint density at radius 2 is 0.639 bits per heavy atom. The fourth-order valence-corrected chi connectivity index (χ4v) is 4.97. The Balaban J connectivity index is 3.05. The molecule has 0 unspecified atom stereocenters. The first kappa shape index (κ1) is 34.7. The lowest BCUT2D eigenvalue weighted by Crippen LogP contribution is -1.93. The third-order valence-corrected chi connectivity index (χ3v) is 7.27. The van der Waals surface area contributed by atoms with Crippen LogP contribution in [0.15, 0.2) is 12.2 Å². The Bertz CT molecular complexity index is 500. The normalized spacial score (nSPS) is 11.4. The average molecular weight is 509 g/mol. The summed E-state index contributed by atoms with van der Waals surface area (Å²) in [4.78, 5) is 20.8. The van der Waals surface area contributed by atoms with Crippen LogP contribution in [0.1, 0.15) is 180 Å². The molecule has 0 amide bonds. The second-order valence-corrected chi connectivity index (χ2v) is 10.9. The maximum absolute atomic E-state index is 10.5. The molecular weight excluding hydrogens is 448 g/mol. The van der Waals surface area contributed by atoms with Gasteiger partial charge in [0.25, 0.3) is 0 Å². The van der Waals surface area contributed by atoms with Crippen LogP contribution in [-0.4, -0.2) is 22.2 Å². The summed E-state index contributed by atoms with van der Waals surface area (Å²) in [6, 6.07) is 0. The molecule has 0 aromatic carbocycles. The summed E-state index contributed by atoms with van der Waals surface area (Å²) in [6.45, 7) is 0. The Labute approximate surface area is 223 Å². The highest BCUT2D eigenvalue weighted by molar-refractivity contribution is 5.79. The van der Waals surface area contributed by atoms with Crippen LogP contribution >= 0.6 is 0 Å². The molecule has 2 N–H and O–H groups in total. The quantitative estimate of drug-likeness (QED) is 0.0747. The molecule has 0 aliphatic rings. The topological polar surface area (TPSA) is 74.6 Å². The van der Waals surface area contributed by atoms with Gasteiger partial charge in [0.1, 0.15) is 0 Å². The zero-order chi connectivity index (χ0) is 26.4. The van der Waals surface area contributed by atoms with Gasteiger partial charge in [0, 0.05) is 12.5 Å². The van der Waals surface area contributed by atoms with Gasteiger partial charge < -0.3 is 10.2 Å². The Hall–Kier alpha value is -1.32. The molecular formula is C32H60O4. The van der Waals surface area contributed by atoms with Crippen LogP contribution in [0.2, 0.25) is 0 Å². The van der Waals surface area contributed by atoms with Crippen molar-refractivity contribution in [1.29, 1.82) is 0 Å². The van der Waals surface area contributed by atoms with Crippen molar-refractivity contribution in [1.82, 2.24) is 0 Å². The number of allylic oxidation sites excluding steroid dienone is 1. The third kappa shape index (κ3) is 32.7. The minimum absolute atomic E-state index is 0.336. The second kappa shape index (κ2) is 29.9. The van der Waals surface area contributed by atoms with Gasteiger partial charge in [-0.05, 0) is 19.3 Å². The first-order chi connectivity index (χ1) is 17.6. The van der Waals surface area contributed by atoms with Gasteiger partial charge in [0.05, 0.1) is 0 Å². The van der Waals surface area contributed by atoms with Crippen LogP contribution in [-0.2, 0) is 9.59 Å². The maximum atomic E-state index is 10.5. The van der Waals surface area contributed by atoms with E-state index in [9.17, 15) is 9.59 Å². The molecule has 4 heteroatoms. The highest BCUT2D eigenvalue weighted by Gasteiger charge is 1.98. The van der Waals surface area contributed by atoms with Gasteiger partial charge in [-0.3, -0.25) is 4.79 Å². The van der Waals surface area contributed by atoms with Gasteiger partial charge >= 0.3 is 11.9 Å². The van der Waals surface area contributed by atoms with Crippen molar-refractivity contribution in [3.8, 4) is 0 Å². The predicted molar refractivity (Wildman–Crippen MR) is 154 cm³/mol. The van der Waals surface area contributed by atoms with E-state index >= 15 is 0 Å². The van der Waals surface area contributed by atoms with Crippen molar-refractivity contribution >= 4 is 11.9 Å². The summed E-state index contributed by atoms with van der Waals surface area (Å²) >= 11 is 0. The maximum Gasteiger partial charge on any atom is 0.327 e. The van der Waals surface area contributed by atoms with Gasteiger partial charge in [0.2, 0.25) is 0 Å². The number of carbonyl (C=O) groups is 2. The average Bonchev–Trinajstić information content (AvgIpc) is 2.85. The Morgan fingerprint density at radius 1 is 0.389 bits per heavy atom. The first-order valence-electron chi connectivity index (χ1n) is 15.7. The number of aliphatic carboxylic acids is 2. The highest BCUT2D eigenvalue weighted by atomic mass is 16.4. The third-order valence-electron chi connectivity index (χ3n) is 7.27. The van der Waals surface area contributed by atoms with Crippen molar-refractivity contribution in [2.24, 2.45) is 0 Å². The second-order valence-electron chi connectivity index (χ2n) is 10.9. The summed E-state index contributed by atoms with van der Waals surface area (Å²) in [5.74, 6) is -1.49. The Morgan fingerprint density at radius 3 is 0.889 bits per heavy atom. The van der Waals surface area contributed by atoms with Crippen molar-refractivity contribution in [2.45, 2.75) is 180 Å². The van der Waals surface area contributed by atoms with Gasteiger partial charge in [-0.15, -0.1) is 0 Å². The molecule has 0 bridgehead atoms. The zero-order valence-electron chi connectivity index (χ0n) is 23.7. The van der Waals surface area contributed by atoms with Crippen LogP contribution < -0.4 is 0 Å². The van der Waals surface area contributed by atoms with E-state index in [1.54, 1.807) is 6.08 Å². The van der Waals surface area contributed by atoms with Crippen LogP contribution in [0.25, 0.3) is 0 Å². The summed E-state index contributed by atoms with van der Waals surface area (Å²) in [5.41, 5.74) is 0. The van der Waals surface area contributed by atoms with E-state index in [-0.39, 0.29) is 0 Å². The predicted octanol–water partition coefficient (Wildman–Crippen LogP) is 10.6. The molecule has 0 rings (SSSR count). The fraction of sp³-hybridized carbons (Fsp3) is 0.875. The van der Waals surface area contributed by atoms with Crippen molar-refractivity contribution in [3.63, 3.8) is 0 Å². The van der Waals surface area contributed by atoms with Gasteiger partial charge in [-0.2, -0.15) is 0 Å². The minimum Gasteiger partial charge on any atom is -0.481 e. The molecule has 0 fully saturated rings. The molecule has 4 nitrogen and oxygen atoms in total. The zero-order valence-corrected chi connectivity index (χ0v) is 23.7. The van der Waals surface area contributed by atoms with Crippen LogP contribution in [0.5, 0.6) is 0 Å². The monoisotopic (exact) mass is 508 g/mol. The molecule has 0 heterocycles. The SMILES string of the molecule is O=C(O)C=CCCCCCCCCCCCCCCCCCCCCCCCCCCCCC(=O)O. The van der Waals surface area contributed by atoms with Gasteiger partial charge in [-0.25, -0.2) is 4.79 Å². The number of hydrogen-bond acceptors (Lipinski definition) is 2. The van der Waals surface area contributed by atoms with E-state index in [0.717, 1.165) is 25.7 Å². The number of hydrogen-bond donors (Lipinski definition) is 2. The standard InChI is InChI=1S/C32H60O4/c33-31(34)29-27-25-23-21-19-17-15-13-11-9-7-5-3-1-2-4-6-8-10-12-14-16-18-20-22-24-26-28-30-32(35)36/h27,29H,1-26,28,30H2,(H,33,34)(H,35,36). The Kier molecular flexibility index (Phi) is 28.8. The lowest BCUT2D eigenvalue weighted by Gasteiger charge is -2.04. The number of carboxylic acids is 2. The largest absolute Gasteiger partial charge is 0.481 e. The van der Waals surface area contributed by atoms with Crippen LogP contribution in [0.4, 0.5) is 0 Å². The molecule has 0 aromatic rings. The summed E-state index contributed by atoms with van der Waals surface area (Å²) in [6.07, 6.45) is 38.9. The lowest BCUT2D eigenvalue weighted by atomic mass is 10.0. The van der Waals surface area contributed by atoms with E-state index in [1.165, 1.54) is 154 Å². The minimum atomic E-state index is -0.837. The van der Waals surface area contributed by atoms with Crippen molar-refractivity contribution in [3.05, 3.63) is 12.2 Å². The summed E-state index contributed by atoms with van der Waals surface area (Å²) in [7, 11) is 0. The molecule has 0 aromatic heterocycles. The molecule has 0 aliphatic carbocycles. The molecule has 0 radical (unpaired) electrons. The molecule has 0 spiro atoms. The molecule has 0 saturated heterocycles. The molecule has 0 saturated carbocycles. The lowest BCUT2D eigenvalue weighted by molar-refractivity contribution is -0.137. The van der Waals surface area contributed by atoms with Crippen LogP contribution in [0.3, 0.4) is 0 Å². The molecule has 0 aliphatic heterocycles. The van der Waals surface area contributed by atoms with Gasteiger partial charge in [-0.1, -0.05) is 160 Å². The molecule has 36 heavy (non-hydrogen) atoms. The van der Waals surface area contributed by atoms with E-state index in [0.29, 0.717) is 6.42 Å². The van der Waals surface area contributed by atoms with Crippen LogP contribution in [0, 0.1) is 0 Å². The summed E-state index contributed by atoms with van der Waals surface area (Å²) in [5, 5.41) is 17.1. The molecule has 0 atom stereocenters. The number of unbranched alkanes of at least 4 members (excludes halogenated alkanes) is 26. The smallest absolute Gasteiger partial charge is 0.327 e. The fourth-order valence-electron chi connectivity index (χ4n) is 4.97. The van der Waals surface area contributed by atoms with Crippen molar-refractivity contribution in [2.75, 3.05) is 0 Å². The van der Waals surface area contributed by atoms with E-state index in [4.69, 9.17) is 10.2 Å². The number of carboxylic acid groups (broad SMARTS) is 2. The first-order valence-corrected chi connectivity index (χ1v) is 15.7. The highest BCUT2D eigenvalue weighted by Crippen LogP contribution is 2.16. The van der Waals surface area contributed by atoms with E-state index in [2.05, 4.69) is 0 Å². The molecule has 212 valence electrons. The van der Waals surface area contributed by atoms with E-state index < -0.39 is 11.9 Å². The van der Waals surface area contributed by atoms with Gasteiger partial charge in [0.15, 0.2) is 0 Å². The number of rotatable bonds is 30. The van der Waals surface area contributed by atoms with E-state index in [1.807, 2.05) is 0 Å².